The van der Waals surface area contributed by atoms with E-state index in [2.05, 4.69) is 213 Å². The van der Waals surface area contributed by atoms with E-state index in [1.807, 2.05) is 24.3 Å². The van der Waals surface area contributed by atoms with Gasteiger partial charge in [-0.05, 0) is 128 Å². The molecule has 61 heavy (non-hydrogen) atoms. The molecule has 0 saturated carbocycles. The van der Waals surface area contributed by atoms with E-state index in [1.165, 1.54) is 27.8 Å². The van der Waals surface area contributed by atoms with Crippen LogP contribution >= 0.6 is 0 Å². The fraction of sp³-hybridized carbons (Fsp3) is 0.0172. The molecule has 3 nitrogen and oxygen atoms in total. The maximum Gasteiger partial charge on any atom is 0.156 e. The summed E-state index contributed by atoms with van der Waals surface area (Å²) in [7, 11) is 0. The molecule has 2 heterocycles. The van der Waals surface area contributed by atoms with Crippen molar-refractivity contribution in [1.82, 2.24) is 15.0 Å². The van der Waals surface area contributed by atoms with Crippen molar-refractivity contribution >= 4 is 11.1 Å². The van der Waals surface area contributed by atoms with Gasteiger partial charge in [0, 0.05) is 23.5 Å². The lowest BCUT2D eigenvalue weighted by molar-refractivity contribution is 1.12. The molecule has 0 aliphatic heterocycles. The number of rotatable bonds is 11. The molecule has 0 aliphatic rings. The fourth-order valence-electron chi connectivity index (χ4n) is 7.63. The number of aromatic nitrogens is 3. The standard InChI is InChI=1S/C58H43N3/c1-3-42(47-31-33-59-34-32-47)26-25-41(2)58-60-56(48-29-27-46(28-30-48)43-15-7-4-8-16-43)40-57(61-58)55-38-53(51-23-13-21-49(35-51)44-17-9-5-10-18-44)37-54(39-55)52-24-14-22-50(36-52)45-19-11-6-12-20-45/h3-40H,1H2,2H3/b41-25+,42-26+. The minimum atomic E-state index is 0.651. The molecule has 290 valence electrons. The highest BCUT2D eigenvalue weighted by atomic mass is 14.9. The van der Waals surface area contributed by atoms with Crippen LogP contribution in [-0.4, -0.2) is 15.0 Å². The van der Waals surface area contributed by atoms with Crippen LogP contribution in [0.5, 0.6) is 0 Å². The average molecular weight is 782 g/mol. The van der Waals surface area contributed by atoms with Crippen LogP contribution in [0.4, 0.5) is 0 Å². The lowest BCUT2D eigenvalue weighted by Gasteiger charge is -2.14. The first-order chi connectivity index (χ1) is 30.1. The molecule has 2 aromatic heterocycles. The summed E-state index contributed by atoms with van der Waals surface area (Å²) in [5.41, 5.74) is 18.1. The highest BCUT2D eigenvalue weighted by Crippen LogP contribution is 2.37. The Morgan fingerprint density at radius 1 is 0.377 bits per heavy atom. The van der Waals surface area contributed by atoms with E-state index in [1.54, 1.807) is 12.4 Å². The Bertz CT molecular complexity index is 2900. The van der Waals surface area contributed by atoms with Crippen LogP contribution in [0.2, 0.25) is 0 Å². The van der Waals surface area contributed by atoms with E-state index in [4.69, 9.17) is 9.97 Å². The van der Waals surface area contributed by atoms with Gasteiger partial charge in [0.15, 0.2) is 5.82 Å². The van der Waals surface area contributed by atoms with E-state index in [0.29, 0.717) is 5.82 Å². The van der Waals surface area contributed by atoms with Gasteiger partial charge in [-0.15, -0.1) is 0 Å². The molecule has 0 N–H and O–H groups in total. The number of hydrogen-bond acceptors (Lipinski definition) is 3. The second-order valence-electron chi connectivity index (χ2n) is 15.0. The quantitative estimate of drug-likeness (QED) is 0.123. The summed E-state index contributed by atoms with van der Waals surface area (Å²) in [6.45, 7) is 6.15. The Kier molecular flexibility index (Phi) is 11.3. The molecule has 0 aliphatic carbocycles. The van der Waals surface area contributed by atoms with E-state index in [0.717, 1.165) is 67.0 Å². The first kappa shape index (κ1) is 38.5. The van der Waals surface area contributed by atoms with E-state index in [-0.39, 0.29) is 0 Å². The number of benzene rings is 7. The van der Waals surface area contributed by atoms with Gasteiger partial charge in [0.25, 0.3) is 0 Å². The van der Waals surface area contributed by atoms with Crippen molar-refractivity contribution < 1.29 is 0 Å². The molecule has 0 saturated heterocycles. The zero-order valence-corrected chi connectivity index (χ0v) is 34.0. The third kappa shape index (κ3) is 8.88. The summed E-state index contributed by atoms with van der Waals surface area (Å²) < 4.78 is 0. The normalized spacial score (nSPS) is 11.6. The van der Waals surface area contributed by atoms with Crippen molar-refractivity contribution in [3.8, 4) is 78.1 Å². The largest absolute Gasteiger partial charge is 0.265 e. The summed E-state index contributed by atoms with van der Waals surface area (Å²) in [4.78, 5) is 14.7. The van der Waals surface area contributed by atoms with Crippen LogP contribution in [0.25, 0.3) is 89.3 Å². The Morgan fingerprint density at radius 3 is 1.28 bits per heavy atom. The summed E-state index contributed by atoms with van der Waals surface area (Å²) in [6, 6.07) is 70.7. The zero-order valence-electron chi connectivity index (χ0n) is 34.0. The second-order valence-corrected chi connectivity index (χ2v) is 15.0. The topological polar surface area (TPSA) is 38.7 Å². The molecule has 0 unspecified atom stereocenters. The lowest BCUT2D eigenvalue weighted by atomic mass is 9.92. The van der Waals surface area contributed by atoms with Crippen LogP contribution < -0.4 is 0 Å². The van der Waals surface area contributed by atoms with Gasteiger partial charge in [0.1, 0.15) is 0 Å². The Hall–Kier alpha value is -8.01. The molecular weight excluding hydrogens is 739 g/mol. The summed E-state index contributed by atoms with van der Waals surface area (Å²) in [5.74, 6) is 0.651. The van der Waals surface area contributed by atoms with Crippen molar-refractivity contribution in [2.24, 2.45) is 0 Å². The monoisotopic (exact) mass is 781 g/mol. The van der Waals surface area contributed by atoms with Gasteiger partial charge in [0.2, 0.25) is 0 Å². The summed E-state index contributed by atoms with van der Waals surface area (Å²) >= 11 is 0. The first-order valence-electron chi connectivity index (χ1n) is 20.5. The van der Waals surface area contributed by atoms with Crippen LogP contribution in [0, 0.1) is 0 Å². The predicted molar refractivity (Wildman–Crippen MR) is 256 cm³/mol. The maximum atomic E-state index is 5.33. The molecule has 0 atom stereocenters. The van der Waals surface area contributed by atoms with Gasteiger partial charge in [-0.3, -0.25) is 4.98 Å². The maximum absolute atomic E-state index is 5.33. The van der Waals surface area contributed by atoms with Gasteiger partial charge < -0.3 is 0 Å². The second kappa shape index (κ2) is 17.9. The Labute approximate surface area is 358 Å². The average Bonchev–Trinajstić information content (AvgIpc) is 3.35. The first-order valence-corrected chi connectivity index (χ1v) is 20.5. The SMILES string of the molecule is C=C/C(=C\C=C(/C)c1nc(-c2ccc(-c3ccccc3)cc2)cc(-c2cc(-c3cccc(-c4ccccc4)c3)cc(-c3cccc(-c4ccccc4)c3)c2)n1)c1ccncc1. The van der Waals surface area contributed by atoms with Crippen LogP contribution in [0.3, 0.4) is 0 Å². The van der Waals surface area contributed by atoms with Crippen molar-refractivity contribution in [2.75, 3.05) is 0 Å². The molecule has 0 spiro atoms. The number of allylic oxidation sites excluding steroid dienone is 5. The Balaban J connectivity index is 1.21. The van der Waals surface area contributed by atoms with Gasteiger partial charge in [-0.2, -0.15) is 0 Å². The lowest BCUT2D eigenvalue weighted by Crippen LogP contribution is -1.98. The third-order valence-electron chi connectivity index (χ3n) is 10.9. The van der Waals surface area contributed by atoms with E-state index < -0.39 is 0 Å². The third-order valence-corrected chi connectivity index (χ3v) is 10.9. The molecule has 0 amide bonds. The number of pyridine rings is 1. The van der Waals surface area contributed by atoms with Gasteiger partial charge in [0.05, 0.1) is 11.4 Å². The molecular formula is C58H43N3. The number of hydrogen-bond donors (Lipinski definition) is 0. The molecule has 0 bridgehead atoms. The fourth-order valence-corrected chi connectivity index (χ4v) is 7.63. The highest BCUT2D eigenvalue weighted by molar-refractivity contribution is 5.85. The molecule has 0 radical (unpaired) electrons. The van der Waals surface area contributed by atoms with Crippen LogP contribution in [0.1, 0.15) is 18.3 Å². The van der Waals surface area contributed by atoms with Crippen molar-refractivity contribution in [3.63, 3.8) is 0 Å². The minimum Gasteiger partial charge on any atom is -0.265 e. The smallest absolute Gasteiger partial charge is 0.156 e. The van der Waals surface area contributed by atoms with Crippen molar-refractivity contribution in [1.29, 1.82) is 0 Å². The van der Waals surface area contributed by atoms with Crippen molar-refractivity contribution in [3.05, 3.63) is 249 Å². The molecule has 9 rings (SSSR count). The number of nitrogens with zero attached hydrogens (tertiary/aromatic N) is 3. The summed E-state index contributed by atoms with van der Waals surface area (Å²) in [6.07, 6.45) is 9.60. The highest BCUT2D eigenvalue weighted by Gasteiger charge is 2.15. The van der Waals surface area contributed by atoms with E-state index in [9.17, 15) is 0 Å². The molecule has 9 aromatic rings. The van der Waals surface area contributed by atoms with Gasteiger partial charge in [-0.1, -0.05) is 176 Å². The minimum absolute atomic E-state index is 0.651. The van der Waals surface area contributed by atoms with Crippen LogP contribution in [-0.2, 0) is 0 Å². The predicted octanol–water partition coefficient (Wildman–Crippen LogP) is 15.2. The summed E-state index contributed by atoms with van der Waals surface area (Å²) in [5, 5.41) is 0. The van der Waals surface area contributed by atoms with Gasteiger partial charge in [-0.25, -0.2) is 9.97 Å². The zero-order chi connectivity index (χ0) is 41.4. The van der Waals surface area contributed by atoms with E-state index >= 15 is 0 Å². The van der Waals surface area contributed by atoms with Gasteiger partial charge >= 0.3 is 0 Å². The van der Waals surface area contributed by atoms with Crippen LogP contribution in [0.15, 0.2) is 237 Å². The Morgan fingerprint density at radius 2 is 0.770 bits per heavy atom. The molecule has 0 fully saturated rings. The molecule has 3 heteroatoms. The van der Waals surface area contributed by atoms with Crippen molar-refractivity contribution in [2.45, 2.75) is 6.92 Å². The molecule has 7 aromatic carbocycles.